The van der Waals surface area contributed by atoms with E-state index in [1.165, 1.54) is 6.21 Å². The van der Waals surface area contributed by atoms with Crippen LogP contribution in [-0.4, -0.2) is 12.1 Å². The normalized spacial score (nSPS) is 11.0. The number of carbonyl (C=O) groups excluding carboxylic acids is 1. The van der Waals surface area contributed by atoms with Crippen molar-refractivity contribution in [1.82, 2.24) is 5.43 Å². The third kappa shape index (κ3) is 4.10. The number of benzene rings is 2. The van der Waals surface area contributed by atoms with Gasteiger partial charge in [0.1, 0.15) is 11.5 Å². The molecule has 0 unspecified atom stereocenters. The van der Waals surface area contributed by atoms with Crippen LogP contribution >= 0.6 is 23.2 Å². The van der Waals surface area contributed by atoms with Crippen LogP contribution in [0.1, 0.15) is 21.7 Å². The van der Waals surface area contributed by atoms with Crippen molar-refractivity contribution < 1.29 is 9.21 Å². The summed E-state index contributed by atoms with van der Waals surface area (Å²) in [5, 5.41) is 5.03. The van der Waals surface area contributed by atoms with Crippen molar-refractivity contribution in [2.45, 2.75) is 6.92 Å². The Balaban J connectivity index is 1.71. The zero-order valence-corrected chi connectivity index (χ0v) is 14.8. The largest absolute Gasteiger partial charge is 0.455 e. The number of halogens is 2. The monoisotopic (exact) mass is 372 g/mol. The van der Waals surface area contributed by atoms with Crippen LogP contribution in [0, 0.1) is 6.92 Å². The molecule has 0 aliphatic heterocycles. The summed E-state index contributed by atoms with van der Waals surface area (Å²) >= 11 is 12.1. The van der Waals surface area contributed by atoms with Crippen LogP contribution in [-0.2, 0) is 0 Å². The molecule has 126 valence electrons. The maximum Gasteiger partial charge on any atom is 0.271 e. The Kier molecular flexibility index (Phi) is 5.22. The third-order valence-corrected chi connectivity index (χ3v) is 4.13. The quantitative estimate of drug-likeness (QED) is 0.497. The Morgan fingerprint density at radius 2 is 1.92 bits per heavy atom. The van der Waals surface area contributed by atoms with Crippen molar-refractivity contribution in [1.29, 1.82) is 0 Å². The van der Waals surface area contributed by atoms with E-state index in [4.69, 9.17) is 27.6 Å². The molecule has 1 N–H and O–H groups in total. The fraction of sp³-hybridized carbons (Fsp3) is 0.0526. The number of hydrogen-bond acceptors (Lipinski definition) is 3. The molecule has 25 heavy (non-hydrogen) atoms. The van der Waals surface area contributed by atoms with E-state index in [0.717, 1.165) is 5.56 Å². The van der Waals surface area contributed by atoms with Crippen LogP contribution in [0.5, 0.6) is 0 Å². The number of aryl methyl sites for hydroxylation is 1. The van der Waals surface area contributed by atoms with Gasteiger partial charge in [-0.1, -0.05) is 41.4 Å². The molecule has 0 fully saturated rings. The van der Waals surface area contributed by atoms with E-state index in [1.807, 2.05) is 19.1 Å². The molecule has 0 aliphatic rings. The molecule has 6 heteroatoms. The molecular formula is C19H14Cl2N2O2. The number of hydrogen-bond donors (Lipinski definition) is 1. The molecule has 0 saturated heterocycles. The highest BCUT2D eigenvalue weighted by atomic mass is 35.5. The lowest BCUT2D eigenvalue weighted by atomic mass is 10.1. The molecule has 0 atom stereocenters. The van der Waals surface area contributed by atoms with Gasteiger partial charge in [0.05, 0.1) is 11.2 Å². The summed E-state index contributed by atoms with van der Waals surface area (Å²) in [6, 6.07) is 15.9. The molecule has 0 spiro atoms. The summed E-state index contributed by atoms with van der Waals surface area (Å²) in [6.07, 6.45) is 1.43. The summed E-state index contributed by atoms with van der Waals surface area (Å²) in [5.74, 6) is 0.773. The molecule has 0 saturated carbocycles. The van der Waals surface area contributed by atoms with Gasteiger partial charge in [0.15, 0.2) is 0 Å². The van der Waals surface area contributed by atoms with Crippen LogP contribution in [0.3, 0.4) is 0 Å². The van der Waals surface area contributed by atoms with Crippen molar-refractivity contribution >= 4 is 35.3 Å². The Bertz CT molecular complexity index is 948. The minimum absolute atomic E-state index is 0.279. The molecule has 1 aromatic heterocycles. The summed E-state index contributed by atoms with van der Waals surface area (Å²) in [5.41, 5.74) is 4.63. The maximum absolute atomic E-state index is 12.1. The fourth-order valence-electron chi connectivity index (χ4n) is 2.30. The molecular weight excluding hydrogens is 359 g/mol. The number of furan rings is 1. The Hall–Kier alpha value is -2.56. The first-order valence-electron chi connectivity index (χ1n) is 7.49. The second-order valence-corrected chi connectivity index (χ2v) is 6.18. The number of rotatable bonds is 4. The predicted molar refractivity (Wildman–Crippen MR) is 100 cm³/mol. The first kappa shape index (κ1) is 17.3. The zero-order chi connectivity index (χ0) is 17.8. The lowest BCUT2D eigenvalue weighted by Gasteiger charge is -2.02. The topological polar surface area (TPSA) is 54.6 Å². The molecule has 2 aromatic carbocycles. The van der Waals surface area contributed by atoms with E-state index < -0.39 is 0 Å². The molecule has 0 radical (unpaired) electrons. The molecule has 1 amide bonds. The van der Waals surface area contributed by atoms with E-state index in [-0.39, 0.29) is 5.91 Å². The van der Waals surface area contributed by atoms with E-state index in [2.05, 4.69) is 10.5 Å². The molecule has 0 aliphatic carbocycles. The Morgan fingerprint density at radius 1 is 1.12 bits per heavy atom. The average Bonchev–Trinajstić information content (AvgIpc) is 3.06. The smallest absolute Gasteiger partial charge is 0.271 e. The third-order valence-electron chi connectivity index (χ3n) is 3.57. The van der Waals surface area contributed by atoms with Crippen LogP contribution in [0.4, 0.5) is 0 Å². The lowest BCUT2D eigenvalue weighted by molar-refractivity contribution is 0.0954. The van der Waals surface area contributed by atoms with Crippen LogP contribution < -0.4 is 5.43 Å². The molecule has 3 rings (SSSR count). The van der Waals surface area contributed by atoms with Gasteiger partial charge in [-0.3, -0.25) is 4.79 Å². The molecule has 3 aromatic rings. The highest BCUT2D eigenvalue weighted by Gasteiger charge is 2.09. The van der Waals surface area contributed by atoms with Crippen LogP contribution in [0.25, 0.3) is 11.3 Å². The summed E-state index contributed by atoms with van der Waals surface area (Å²) in [4.78, 5) is 12.1. The van der Waals surface area contributed by atoms with E-state index in [0.29, 0.717) is 32.7 Å². The summed E-state index contributed by atoms with van der Waals surface area (Å²) in [7, 11) is 0. The van der Waals surface area contributed by atoms with Crippen molar-refractivity contribution in [3.05, 3.63) is 81.5 Å². The van der Waals surface area contributed by atoms with Crippen molar-refractivity contribution in [3.63, 3.8) is 0 Å². The van der Waals surface area contributed by atoms with Gasteiger partial charge < -0.3 is 4.42 Å². The van der Waals surface area contributed by atoms with Gasteiger partial charge in [-0.15, -0.1) is 0 Å². The minimum Gasteiger partial charge on any atom is -0.455 e. The molecule has 0 bridgehead atoms. The van der Waals surface area contributed by atoms with Crippen LogP contribution in [0.2, 0.25) is 10.0 Å². The number of amides is 1. The van der Waals surface area contributed by atoms with Crippen molar-refractivity contribution in [3.8, 4) is 11.3 Å². The van der Waals surface area contributed by atoms with Gasteiger partial charge in [0.25, 0.3) is 5.91 Å². The highest BCUT2D eigenvalue weighted by Crippen LogP contribution is 2.31. The zero-order valence-electron chi connectivity index (χ0n) is 13.3. The second-order valence-electron chi connectivity index (χ2n) is 5.34. The Labute approximate surface area is 155 Å². The number of nitrogens with zero attached hydrogens (tertiary/aromatic N) is 1. The van der Waals surface area contributed by atoms with Gasteiger partial charge >= 0.3 is 0 Å². The first-order chi connectivity index (χ1) is 12.0. The molecule has 4 nitrogen and oxygen atoms in total. The fourth-order valence-corrected chi connectivity index (χ4v) is 2.68. The highest BCUT2D eigenvalue weighted by molar-refractivity contribution is 6.35. The van der Waals surface area contributed by atoms with Gasteiger partial charge in [0, 0.05) is 16.1 Å². The number of nitrogens with one attached hydrogen (secondary N) is 1. The van der Waals surface area contributed by atoms with Gasteiger partial charge in [0.2, 0.25) is 0 Å². The first-order valence-corrected chi connectivity index (χ1v) is 8.24. The van der Waals surface area contributed by atoms with Crippen LogP contribution in [0.15, 0.2) is 64.1 Å². The van der Waals surface area contributed by atoms with Crippen molar-refractivity contribution in [2.24, 2.45) is 5.10 Å². The maximum atomic E-state index is 12.1. The summed E-state index contributed by atoms with van der Waals surface area (Å²) in [6.45, 7) is 1.87. The summed E-state index contributed by atoms with van der Waals surface area (Å²) < 4.78 is 5.67. The Morgan fingerprint density at radius 3 is 2.72 bits per heavy atom. The van der Waals surface area contributed by atoms with E-state index in [1.54, 1.807) is 42.5 Å². The van der Waals surface area contributed by atoms with E-state index in [9.17, 15) is 4.79 Å². The predicted octanol–water partition coefficient (Wildman–Crippen LogP) is 5.33. The second kappa shape index (κ2) is 7.55. The van der Waals surface area contributed by atoms with Gasteiger partial charge in [-0.25, -0.2) is 5.43 Å². The number of hydrazone groups is 1. The standard InChI is InChI=1S/C19H14Cl2N2O2/c1-12-4-2-3-5-15(12)19(24)23-22-11-14-7-9-18(25-14)16-10-13(20)6-8-17(16)21/h2-11H,1H3,(H,23,24)/b22-11+. The SMILES string of the molecule is Cc1ccccc1C(=O)N/N=C/c1ccc(-c2cc(Cl)ccc2Cl)o1. The van der Waals surface area contributed by atoms with Gasteiger partial charge in [-0.05, 0) is 48.9 Å². The van der Waals surface area contributed by atoms with Crippen molar-refractivity contribution in [2.75, 3.05) is 0 Å². The number of carbonyl (C=O) groups is 1. The van der Waals surface area contributed by atoms with Gasteiger partial charge in [-0.2, -0.15) is 5.10 Å². The lowest BCUT2D eigenvalue weighted by Crippen LogP contribution is -2.18. The minimum atomic E-state index is -0.279. The van der Waals surface area contributed by atoms with E-state index >= 15 is 0 Å². The average molecular weight is 373 g/mol. The molecule has 1 heterocycles.